The molecule has 0 radical (unpaired) electrons. The second-order valence-electron chi connectivity index (χ2n) is 9.12. The van der Waals surface area contributed by atoms with Crippen molar-refractivity contribution in [3.63, 3.8) is 0 Å². The van der Waals surface area contributed by atoms with Crippen LogP contribution < -0.4 is 5.32 Å². The third-order valence-electron chi connectivity index (χ3n) is 7.52. The maximum Gasteiger partial charge on any atom is 0.250 e. The molecule has 0 aliphatic carbocycles. The van der Waals surface area contributed by atoms with E-state index in [4.69, 9.17) is 0 Å². The number of likely N-dealkylation sites (tertiary alicyclic amines) is 1. The lowest BCUT2D eigenvalue weighted by molar-refractivity contribution is -0.147. The van der Waals surface area contributed by atoms with Gasteiger partial charge in [0.15, 0.2) is 0 Å². The van der Waals surface area contributed by atoms with Gasteiger partial charge in [0, 0.05) is 55.4 Å². The van der Waals surface area contributed by atoms with Gasteiger partial charge in [0.1, 0.15) is 5.54 Å². The zero-order valence-corrected chi connectivity index (χ0v) is 16.6. The molecule has 29 heavy (non-hydrogen) atoms. The van der Waals surface area contributed by atoms with Crippen molar-refractivity contribution in [2.24, 2.45) is 17.8 Å². The first kappa shape index (κ1) is 19.0. The van der Waals surface area contributed by atoms with E-state index < -0.39 is 11.5 Å². The lowest BCUT2D eigenvalue weighted by Crippen LogP contribution is -2.56. The molecule has 5 atom stereocenters. The van der Waals surface area contributed by atoms with Gasteiger partial charge in [-0.3, -0.25) is 14.5 Å². The molecular formula is C22H29N3O4. The molecule has 7 nitrogen and oxygen atoms in total. The minimum Gasteiger partial charge on any atom is -0.396 e. The standard InChI is InChI=1S/C22H29N3O4/c26-12-14-8-15(13-27)11-24(10-14)20(28)18-9-16-4-3-7-25(16)22(18)17-5-1-2-6-19(17)23-21(22)29/h1-2,5-6,14-16,18,26-27H,3-4,7-13H2,(H,23,29)/t14-,15+,16-,18-,22+/m1/s1. The molecule has 3 fully saturated rings. The van der Waals surface area contributed by atoms with Crippen molar-refractivity contribution in [1.29, 1.82) is 0 Å². The van der Waals surface area contributed by atoms with Crippen LogP contribution in [0, 0.1) is 17.8 Å². The first-order valence-electron chi connectivity index (χ1n) is 10.8. The van der Waals surface area contributed by atoms with Gasteiger partial charge in [0.25, 0.3) is 0 Å². The number of aliphatic hydroxyl groups is 2. The fraction of sp³-hybridized carbons (Fsp3) is 0.636. The Hall–Kier alpha value is -1.96. The van der Waals surface area contributed by atoms with Crippen molar-refractivity contribution in [3.8, 4) is 0 Å². The number of nitrogens with zero attached hydrogens (tertiary/aromatic N) is 2. The largest absolute Gasteiger partial charge is 0.396 e. The van der Waals surface area contributed by atoms with Crippen LogP contribution in [0.3, 0.4) is 0 Å². The topological polar surface area (TPSA) is 93.1 Å². The Labute approximate surface area is 170 Å². The van der Waals surface area contributed by atoms with Gasteiger partial charge >= 0.3 is 0 Å². The van der Waals surface area contributed by atoms with Crippen LogP contribution in [-0.2, 0) is 15.1 Å². The summed E-state index contributed by atoms with van der Waals surface area (Å²) in [6.45, 7) is 1.83. The average Bonchev–Trinajstić information content (AvgIpc) is 3.41. The summed E-state index contributed by atoms with van der Waals surface area (Å²) < 4.78 is 0. The first-order chi connectivity index (χ1) is 14.1. The monoisotopic (exact) mass is 399 g/mol. The molecule has 1 aromatic carbocycles. The highest BCUT2D eigenvalue weighted by Gasteiger charge is 2.65. The summed E-state index contributed by atoms with van der Waals surface area (Å²) in [4.78, 5) is 31.3. The van der Waals surface area contributed by atoms with Crippen LogP contribution in [0.15, 0.2) is 24.3 Å². The molecule has 1 spiro atoms. The molecule has 1 aromatic rings. The lowest BCUT2D eigenvalue weighted by Gasteiger charge is -2.41. The van der Waals surface area contributed by atoms with Gasteiger partial charge in [0.2, 0.25) is 11.8 Å². The van der Waals surface area contributed by atoms with Crippen LogP contribution in [0.25, 0.3) is 0 Å². The van der Waals surface area contributed by atoms with Crippen molar-refractivity contribution >= 4 is 17.5 Å². The lowest BCUT2D eigenvalue weighted by atomic mass is 9.77. The first-order valence-corrected chi connectivity index (χ1v) is 10.8. The molecule has 156 valence electrons. The molecule has 2 amide bonds. The molecule has 4 aliphatic heterocycles. The summed E-state index contributed by atoms with van der Waals surface area (Å²) in [5.74, 6) is -0.578. The Morgan fingerprint density at radius 3 is 2.59 bits per heavy atom. The van der Waals surface area contributed by atoms with Crippen LogP contribution in [0.2, 0.25) is 0 Å². The molecule has 0 bridgehead atoms. The van der Waals surface area contributed by atoms with Crippen molar-refractivity contribution in [3.05, 3.63) is 29.8 Å². The van der Waals surface area contributed by atoms with Gasteiger partial charge in [-0.05, 0) is 38.3 Å². The summed E-state index contributed by atoms with van der Waals surface area (Å²) >= 11 is 0. The number of carbonyl (C=O) groups is 2. The smallest absolute Gasteiger partial charge is 0.250 e. The third kappa shape index (κ3) is 2.67. The van der Waals surface area contributed by atoms with Gasteiger partial charge in [-0.25, -0.2) is 0 Å². The van der Waals surface area contributed by atoms with E-state index >= 15 is 0 Å². The number of hydrogen-bond acceptors (Lipinski definition) is 5. The molecule has 0 saturated carbocycles. The Kier molecular flexibility index (Phi) is 4.64. The highest BCUT2D eigenvalue weighted by molar-refractivity contribution is 6.09. The number of rotatable bonds is 3. The van der Waals surface area contributed by atoms with Gasteiger partial charge in [0.05, 0.1) is 5.92 Å². The van der Waals surface area contributed by atoms with E-state index in [1.807, 2.05) is 24.3 Å². The van der Waals surface area contributed by atoms with E-state index in [2.05, 4.69) is 10.2 Å². The minimum atomic E-state index is -0.935. The molecule has 5 rings (SSSR count). The van der Waals surface area contributed by atoms with E-state index in [1.165, 1.54) is 0 Å². The maximum atomic E-state index is 13.8. The number of anilines is 1. The highest BCUT2D eigenvalue weighted by Crippen LogP contribution is 2.55. The van der Waals surface area contributed by atoms with E-state index in [0.29, 0.717) is 19.5 Å². The van der Waals surface area contributed by atoms with E-state index in [-0.39, 0.29) is 42.9 Å². The number of piperidine rings is 1. The highest BCUT2D eigenvalue weighted by atomic mass is 16.3. The third-order valence-corrected chi connectivity index (χ3v) is 7.52. The van der Waals surface area contributed by atoms with Gasteiger partial charge in [-0.15, -0.1) is 0 Å². The van der Waals surface area contributed by atoms with Crippen LogP contribution in [0.5, 0.6) is 0 Å². The Balaban J connectivity index is 1.54. The van der Waals surface area contributed by atoms with Crippen molar-refractivity contribution in [1.82, 2.24) is 9.80 Å². The number of nitrogens with one attached hydrogen (secondary N) is 1. The van der Waals surface area contributed by atoms with E-state index in [1.54, 1.807) is 4.90 Å². The molecule has 4 aliphatic rings. The summed E-state index contributed by atoms with van der Waals surface area (Å²) in [5.41, 5.74) is 0.792. The van der Waals surface area contributed by atoms with Crippen LogP contribution in [0.1, 0.15) is 31.2 Å². The van der Waals surface area contributed by atoms with E-state index in [0.717, 1.165) is 37.1 Å². The van der Waals surface area contributed by atoms with Crippen molar-refractivity contribution in [2.75, 3.05) is 38.2 Å². The zero-order chi connectivity index (χ0) is 20.2. The molecule has 3 saturated heterocycles. The van der Waals surface area contributed by atoms with Crippen LogP contribution in [0.4, 0.5) is 5.69 Å². The fourth-order valence-electron chi connectivity index (χ4n) is 6.35. The van der Waals surface area contributed by atoms with Gasteiger partial charge < -0.3 is 20.4 Å². The number of hydrogen-bond donors (Lipinski definition) is 3. The SMILES string of the molecule is O=C([C@H]1C[C@H]2CCCN2[C@]12C(=O)Nc1ccccc12)N1C[C@H](CO)C[C@H](CO)C1. The summed E-state index contributed by atoms with van der Waals surface area (Å²) in [6, 6.07) is 7.99. The van der Waals surface area contributed by atoms with Crippen LogP contribution >= 0.6 is 0 Å². The van der Waals surface area contributed by atoms with Gasteiger partial charge in [-0.2, -0.15) is 0 Å². The normalized spacial score (nSPS) is 36.3. The molecular weight excluding hydrogens is 370 g/mol. The Morgan fingerprint density at radius 2 is 1.86 bits per heavy atom. The number of fused-ring (bicyclic) bond motifs is 4. The molecule has 3 N–H and O–H groups in total. The number of carbonyl (C=O) groups excluding carboxylic acids is 2. The molecule has 4 heterocycles. The zero-order valence-electron chi connectivity index (χ0n) is 16.6. The van der Waals surface area contributed by atoms with E-state index in [9.17, 15) is 19.8 Å². The molecule has 7 heteroatoms. The summed E-state index contributed by atoms with van der Waals surface area (Å²) in [7, 11) is 0. The molecule has 0 unspecified atom stereocenters. The Morgan fingerprint density at radius 1 is 1.14 bits per heavy atom. The van der Waals surface area contributed by atoms with Gasteiger partial charge in [-0.1, -0.05) is 18.2 Å². The number of benzene rings is 1. The maximum absolute atomic E-state index is 13.8. The fourth-order valence-corrected chi connectivity index (χ4v) is 6.35. The summed E-state index contributed by atoms with van der Waals surface area (Å²) in [5, 5.41) is 22.4. The number of amides is 2. The molecule has 0 aromatic heterocycles. The predicted octanol–water partition coefficient (Wildman–Crippen LogP) is 0.768. The van der Waals surface area contributed by atoms with Crippen LogP contribution in [-0.4, -0.2) is 70.7 Å². The number of aliphatic hydroxyl groups excluding tert-OH is 2. The quantitative estimate of drug-likeness (QED) is 0.698. The second kappa shape index (κ2) is 7.07. The summed E-state index contributed by atoms with van der Waals surface area (Å²) in [6.07, 6.45) is 3.47. The number of para-hydroxylation sites is 1. The minimum absolute atomic E-state index is 0.00809. The van der Waals surface area contributed by atoms with Crippen molar-refractivity contribution < 1.29 is 19.8 Å². The average molecular weight is 399 g/mol. The predicted molar refractivity (Wildman–Crippen MR) is 107 cm³/mol. The second-order valence-corrected chi connectivity index (χ2v) is 9.12. The van der Waals surface area contributed by atoms with Crippen molar-refractivity contribution in [2.45, 2.75) is 37.3 Å². The Bertz CT molecular complexity index is 818.